The highest BCUT2D eigenvalue weighted by atomic mass is 19.4. The van der Waals surface area contributed by atoms with Gasteiger partial charge < -0.3 is 14.8 Å². The summed E-state index contributed by atoms with van der Waals surface area (Å²) in [5.41, 5.74) is 2.78. The molecule has 0 radical (unpaired) electrons. The molecule has 0 spiro atoms. The van der Waals surface area contributed by atoms with Gasteiger partial charge in [0.25, 0.3) is 5.91 Å². The summed E-state index contributed by atoms with van der Waals surface area (Å²) in [6, 6.07) is 11.4. The van der Waals surface area contributed by atoms with Crippen LogP contribution in [-0.4, -0.2) is 18.9 Å². The number of fused-ring (bicyclic) bond motifs is 1. The molecule has 0 unspecified atom stereocenters. The molecule has 0 heterocycles. The Morgan fingerprint density at radius 3 is 2.65 bits per heavy atom. The second-order valence-electron chi connectivity index (χ2n) is 6.01. The lowest BCUT2D eigenvalue weighted by atomic mass is 10.1. The summed E-state index contributed by atoms with van der Waals surface area (Å²) in [6.45, 7) is -0.292. The molecule has 2 aromatic carbocycles. The molecule has 1 amide bonds. The molecule has 2 aromatic rings. The van der Waals surface area contributed by atoms with Crippen molar-refractivity contribution in [2.45, 2.75) is 32.2 Å². The number of halogens is 3. The highest BCUT2D eigenvalue weighted by Gasteiger charge is 2.31. The van der Waals surface area contributed by atoms with Crippen LogP contribution in [0.15, 0.2) is 42.5 Å². The Morgan fingerprint density at radius 2 is 1.85 bits per heavy atom. The summed E-state index contributed by atoms with van der Waals surface area (Å²) >= 11 is 0. The normalized spacial score (nSPS) is 13.2. The van der Waals surface area contributed by atoms with Crippen LogP contribution in [0.5, 0.6) is 11.5 Å². The van der Waals surface area contributed by atoms with Crippen molar-refractivity contribution in [3.63, 3.8) is 0 Å². The van der Waals surface area contributed by atoms with Crippen molar-refractivity contribution in [2.24, 2.45) is 0 Å². The molecule has 0 saturated heterocycles. The van der Waals surface area contributed by atoms with E-state index in [0.717, 1.165) is 19.3 Å². The molecule has 26 heavy (non-hydrogen) atoms. The zero-order valence-corrected chi connectivity index (χ0v) is 13.9. The van der Waals surface area contributed by atoms with E-state index in [0.29, 0.717) is 5.75 Å². The van der Waals surface area contributed by atoms with Crippen molar-refractivity contribution < 1.29 is 27.4 Å². The van der Waals surface area contributed by atoms with E-state index in [1.54, 1.807) is 6.07 Å². The smallest absolute Gasteiger partial charge is 0.484 e. The first-order chi connectivity index (χ1) is 12.4. The SMILES string of the molecule is O=C(COc1ccc2c(c1)CCC2)NCc1ccccc1OC(F)(F)F. The van der Waals surface area contributed by atoms with Crippen molar-refractivity contribution >= 4 is 5.91 Å². The van der Waals surface area contributed by atoms with Gasteiger partial charge in [0.05, 0.1) is 0 Å². The van der Waals surface area contributed by atoms with E-state index in [1.807, 2.05) is 18.2 Å². The Hall–Kier alpha value is -2.70. The molecular formula is C19H18F3NO3. The highest BCUT2D eigenvalue weighted by molar-refractivity contribution is 5.77. The third-order valence-electron chi connectivity index (χ3n) is 4.11. The second-order valence-corrected chi connectivity index (χ2v) is 6.01. The Bertz CT molecular complexity index is 790. The fourth-order valence-electron chi connectivity index (χ4n) is 2.91. The molecule has 138 valence electrons. The van der Waals surface area contributed by atoms with Gasteiger partial charge in [0, 0.05) is 12.1 Å². The van der Waals surface area contributed by atoms with E-state index in [9.17, 15) is 18.0 Å². The van der Waals surface area contributed by atoms with Crippen molar-refractivity contribution in [3.05, 3.63) is 59.2 Å². The molecule has 0 bridgehead atoms. The number of amides is 1. The lowest BCUT2D eigenvalue weighted by molar-refractivity contribution is -0.274. The number of carbonyl (C=O) groups is 1. The zero-order chi connectivity index (χ0) is 18.6. The fraction of sp³-hybridized carbons (Fsp3) is 0.316. The number of para-hydroxylation sites is 1. The van der Waals surface area contributed by atoms with Crippen LogP contribution in [0.1, 0.15) is 23.1 Å². The number of hydrogen-bond donors (Lipinski definition) is 1. The predicted octanol–water partition coefficient (Wildman–Crippen LogP) is 3.77. The van der Waals surface area contributed by atoms with Gasteiger partial charge in [-0.05, 0) is 48.6 Å². The van der Waals surface area contributed by atoms with Gasteiger partial charge in [0.15, 0.2) is 6.61 Å². The minimum Gasteiger partial charge on any atom is -0.484 e. The van der Waals surface area contributed by atoms with Crippen LogP contribution < -0.4 is 14.8 Å². The van der Waals surface area contributed by atoms with Crippen LogP contribution in [0.4, 0.5) is 13.2 Å². The molecule has 0 atom stereocenters. The van der Waals surface area contributed by atoms with Gasteiger partial charge in [-0.3, -0.25) is 4.79 Å². The topological polar surface area (TPSA) is 47.6 Å². The van der Waals surface area contributed by atoms with E-state index in [2.05, 4.69) is 10.1 Å². The predicted molar refractivity (Wildman–Crippen MR) is 88.9 cm³/mol. The molecule has 0 saturated carbocycles. The third-order valence-corrected chi connectivity index (χ3v) is 4.11. The van der Waals surface area contributed by atoms with Gasteiger partial charge in [0.2, 0.25) is 0 Å². The molecule has 3 rings (SSSR count). The number of carbonyl (C=O) groups excluding carboxylic acids is 1. The van der Waals surface area contributed by atoms with Gasteiger partial charge in [0.1, 0.15) is 11.5 Å². The minimum absolute atomic E-state index is 0.0847. The maximum Gasteiger partial charge on any atom is 0.573 e. The molecule has 1 aliphatic rings. The largest absolute Gasteiger partial charge is 0.573 e. The van der Waals surface area contributed by atoms with E-state index in [-0.39, 0.29) is 24.5 Å². The fourth-order valence-corrected chi connectivity index (χ4v) is 2.91. The highest BCUT2D eigenvalue weighted by Crippen LogP contribution is 2.27. The van der Waals surface area contributed by atoms with E-state index < -0.39 is 12.3 Å². The lowest BCUT2D eigenvalue weighted by Gasteiger charge is -2.14. The van der Waals surface area contributed by atoms with Crippen molar-refractivity contribution in [1.82, 2.24) is 5.32 Å². The Kier molecular flexibility index (Phi) is 5.35. The minimum atomic E-state index is -4.78. The van der Waals surface area contributed by atoms with Crippen LogP contribution in [0.3, 0.4) is 0 Å². The van der Waals surface area contributed by atoms with Crippen LogP contribution in [0.25, 0.3) is 0 Å². The standard InChI is InChI=1S/C19H18F3NO3/c20-19(21,22)26-17-7-2-1-4-15(17)11-23-18(24)12-25-16-9-8-13-5-3-6-14(13)10-16/h1-2,4,7-10H,3,5-6,11-12H2,(H,23,24). The van der Waals surface area contributed by atoms with Crippen LogP contribution >= 0.6 is 0 Å². The number of ether oxygens (including phenoxy) is 2. The molecule has 1 aliphatic carbocycles. The zero-order valence-electron chi connectivity index (χ0n) is 13.9. The molecule has 0 aromatic heterocycles. The van der Waals surface area contributed by atoms with Crippen molar-refractivity contribution in [3.8, 4) is 11.5 Å². The monoisotopic (exact) mass is 365 g/mol. The summed E-state index contributed by atoms with van der Waals surface area (Å²) in [7, 11) is 0. The average molecular weight is 365 g/mol. The number of alkyl halides is 3. The van der Waals surface area contributed by atoms with Gasteiger partial charge >= 0.3 is 6.36 Å². The maximum absolute atomic E-state index is 12.4. The van der Waals surface area contributed by atoms with E-state index >= 15 is 0 Å². The van der Waals surface area contributed by atoms with Crippen LogP contribution in [-0.2, 0) is 24.2 Å². The molecular weight excluding hydrogens is 347 g/mol. The Labute approximate surface area is 148 Å². The number of benzene rings is 2. The first-order valence-electron chi connectivity index (χ1n) is 8.26. The summed E-state index contributed by atoms with van der Waals surface area (Å²) in [4.78, 5) is 11.9. The van der Waals surface area contributed by atoms with E-state index in [1.165, 1.54) is 29.3 Å². The summed E-state index contributed by atoms with van der Waals surface area (Å²) in [5.74, 6) is -0.145. The molecule has 1 N–H and O–H groups in total. The Balaban J connectivity index is 1.52. The van der Waals surface area contributed by atoms with Gasteiger partial charge in [-0.1, -0.05) is 24.3 Å². The lowest BCUT2D eigenvalue weighted by Crippen LogP contribution is -2.29. The van der Waals surface area contributed by atoms with Gasteiger partial charge in [-0.25, -0.2) is 0 Å². The number of nitrogens with one attached hydrogen (secondary N) is 1. The molecule has 7 heteroatoms. The van der Waals surface area contributed by atoms with Gasteiger partial charge in [-0.15, -0.1) is 13.2 Å². The number of aryl methyl sites for hydroxylation is 2. The number of hydrogen-bond acceptors (Lipinski definition) is 3. The summed E-state index contributed by atoms with van der Waals surface area (Å²) in [5, 5.41) is 2.54. The third kappa shape index (κ3) is 4.91. The first-order valence-corrected chi connectivity index (χ1v) is 8.26. The summed E-state index contributed by atoms with van der Waals surface area (Å²) in [6.07, 6.45) is -1.58. The van der Waals surface area contributed by atoms with E-state index in [4.69, 9.17) is 4.74 Å². The molecule has 4 nitrogen and oxygen atoms in total. The van der Waals surface area contributed by atoms with Crippen LogP contribution in [0, 0.1) is 0 Å². The maximum atomic E-state index is 12.4. The second kappa shape index (κ2) is 7.68. The quantitative estimate of drug-likeness (QED) is 0.848. The van der Waals surface area contributed by atoms with Crippen molar-refractivity contribution in [1.29, 1.82) is 0 Å². The first kappa shape index (κ1) is 18.1. The van der Waals surface area contributed by atoms with Gasteiger partial charge in [-0.2, -0.15) is 0 Å². The average Bonchev–Trinajstić information content (AvgIpc) is 3.05. The summed E-state index contributed by atoms with van der Waals surface area (Å²) < 4.78 is 46.6. The number of rotatable bonds is 6. The molecule has 0 aliphatic heterocycles. The molecule has 0 fully saturated rings. The van der Waals surface area contributed by atoms with Crippen molar-refractivity contribution in [2.75, 3.05) is 6.61 Å². The van der Waals surface area contributed by atoms with Crippen LogP contribution in [0.2, 0.25) is 0 Å². The Morgan fingerprint density at radius 1 is 1.08 bits per heavy atom.